The number of carbonyl (C=O) groups is 2. The Kier molecular flexibility index (Phi) is 8.43. The van der Waals surface area contributed by atoms with Gasteiger partial charge in [0.2, 0.25) is 0 Å². The average Bonchev–Trinajstić information content (AvgIpc) is 3.10. The predicted octanol–water partition coefficient (Wildman–Crippen LogP) is 4.41. The van der Waals surface area contributed by atoms with Gasteiger partial charge in [0.15, 0.2) is 6.29 Å². The Hall–Kier alpha value is -6.00. The number of carbonyl (C=O) groups excluding carboxylic acids is 2. The Balaban J connectivity index is 1.37. The molecule has 0 atom stereocenters. The van der Waals surface area contributed by atoms with Gasteiger partial charge in [-0.15, -0.1) is 0 Å². The second-order valence-corrected chi connectivity index (χ2v) is 11.9. The molecule has 1 fully saturated rings. The highest BCUT2D eigenvalue weighted by Gasteiger charge is 2.24. The number of amides is 1. The second-order valence-electron chi connectivity index (χ2n) is 11.9. The third-order valence-corrected chi connectivity index (χ3v) is 8.46. The molecular formula is C35H30FN7O5. The van der Waals surface area contributed by atoms with E-state index in [-0.39, 0.29) is 33.9 Å². The first kappa shape index (κ1) is 32.0. The molecule has 48 heavy (non-hydrogen) atoms. The number of fused-ring (bicyclic) bond motifs is 1. The number of H-pyrrole nitrogens is 1. The molecule has 6 rings (SSSR count). The van der Waals surface area contributed by atoms with Crippen molar-refractivity contribution in [2.75, 3.05) is 31.6 Å². The minimum atomic E-state index is -0.972. The molecule has 4 heterocycles. The quantitative estimate of drug-likeness (QED) is 0.244. The zero-order valence-corrected chi connectivity index (χ0v) is 26.3. The Morgan fingerprint density at radius 3 is 2.60 bits per heavy atom. The third kappa shape index (κ3) is 5.73. The molecular weight excluding hydrogens is 617 g/mol. The summed E-state index contributed by atoms with van der Waals surface area (Å²) in [5.41, 5.74) is -0.0520. The number of aldehydes is 1. The monoisotopic (exact) mass is 647 g/mol. The number of hydrogen-bond donors (Lipinski definition) is 2. The van der Waals surface area contributed by atoms with E-state index in [0.29, 0.717) is 66.0 Å². The number of aromatic amines is 1. The van der Waals surface area contributed by atoms with Crippen molar-refractivity contribution in [1.29, 1.82) is 5.26 Å². The highest BCUT2D eigenvalue weighted by Crippen LogP contribution is 2.31. The number of halogens is 1. The first-order valence-corrected chi connectivity index (χ1v) is 15.1. The molecule has 1 aliphatic rings. The van der Waals surface area contributed by atoms with Crippen LogP contribution in [-0.2, 0) is 10.2 Å². The lowest BCUT2D eigenvalue weighted by Crippen LogP contribution is -2.40. The van der Waals surface area contributed by atoms with Gasteiger partial charge in [-0.1, -0.05) is 12.1 Å². The number of morpholine rings is 1. The third-order valence-electron chi connectivity index (χ3n) is 8.46. The SMILES string of the molecule is Cc1c(-c2cccc(-n3ccc4cc(C(C)(C)C#N)cc(F)c4c3=O)c2C=O)n[nH]c(=O)c1Nc1ccc(C(=O)N2CCOCC2)cn1. The largest absolute Gasteiger partial charge is 0.378 e. The molecule has 13 heteroatoms. The number of pyridine rings is 2. The Morgan fingerprint density at radius 2 is 1.92 bits per heavy atom. The van der Waals surface area contributed by atoms with Crippen LogP contribution in [0, 0.1) is 24.1 Å². The lowest BCUT2D eigenvalue weighted by atomic mass is 9.85. The summed E-state index contributed by atoms with van der Waals surface area (Å²) in [6, 6.07) is 14.5. The van der Waals surface area contributed by atoms with Gasteiger partial charge in [0.1, 0.15) is 17.3 Å². The summed E-state index contributed by atoms with van der Waals surface area (Å²) < 4.78 is 21.9. The fraction of sp³-hybridized carbons (Fsp3) is 0.229. The van der Waals surface area contributed by atoms with Gasteiger partial charge in [-0.25, -0.2) is 14.5 Å². The van der Waals surface area contributed by atoms with Crippen molar-refractivity contribution in [2.24, 2.45) is 0 Å². The first-order chi connectivity index (χ1) is 23.0. The molecule has 5 aromatic rings. The number of benzene rings is 2. The van der Waals surface area contributed by atoms with Gasteiger partial charge >= 0.3 is 0 Å². The van der Waals surface area contributed by atoms with Crippen LogP contribution in [0.25, 0.3) is 27.7 Å². The highest BCUT2D eigenvalue weighted by atomic mass is 19.1. The maximum absolute atomic E-state index is 15.4. The van der Waals surface area contributed by atoms with Crippen molar-refractivity contribution in [2.45, 2.75) is 26.2 Å². The van der Waals surface area contributed by atoms with Crippen molar-refractivity contribution in [3.05, 3.63) is 110 Å². The van der Waals surface area contributed by atoms with Crippen LogP contribution in [-0.4, -0.2) is 63.1 Å². The molecule has 1 saturated heterocycles. The number of anilines is 2. The standard InChI is InChI=1S/C35H30FN7O5/c1-20-30(40-41-32(45)31(20)39-28-8-7-22(17-38-28)33(46)42-11-13-48-14-12-42)24-5-4-6-27(25(24)18-44)43-10-9-21-15-23(35(2,3)19-37)16-26(36)29(21)34(43)47/h4-10,15-18H,11-14H2,1-3H3,(H,41,45)(H,38,39,40). The number of hydrogen-bond acceptors (Lipinski definition) is 9. The van der Waals surface area contributed by atoms with Crippen molar-refractivity contribution >= 4 is 34.5 Å². The predicted molar refractivity (Wildman–Crippen MR) is 176 cm³/mol. The molecule has 2 aromatic carbocycles. The minimum Gasteiger partial charge on any atom is -0.378 e. The summed E-state index contributed by atoms with van der Waals surface area (Å²) in [6.45, 7) is 6.90. The fourth-order valence-corrected chi connectivity index (χ4v) is 5.66. The lowest BCUT2D eigenvalue weighted by molar-refractivity contribution is 0.0302. The Bertz CT molecular complexity index is 2250. The highest BCUT2D eigenvalue weighted by molar-refractivity contribution is 5.95. The molecule has 242 valence electrons. The summed E-state index contributed by atoms with van der Waals surface area (Å²) in [5, 5.41) is 19.3. The zero-order chi connectivity index (χ0) is 34.2. The smallest absolute Gasteiger partial charge is 0.288 e. The van der Waals surface area contributed by atoms with Crippen molar-refractivity contribution in [3.63, 3.8) is 0 Å². The summed E-state index contributed by atoms with van der Waals surface area (Å²) in [7, 11) is 0. The minimum absolute atomic E-state index is 0.0827. The maximum atomic E-state index is 15.4. The molecule has 2 N–H and O–H groups in total. The summed E-state index contributed by atoms with van der Waals surface area (Å²) in [6.07, 6.45) is 3.44. The van der Waals surface area contributed by atoms with E-state index in [0.717, 1.165) is 0 Å². The fourth-order valence-electron chi connectivity index (χ4n) is 5.66. The Morgan fingerprint density at radius 1 is 1.15 bits per heavy atom. The molecule has 3 aromatic heterocycles. The molecule has 0 bridgehead atoms. The van der Waals surface area contributed by atoms with Gasteiger partial charge in [-0.2, -0.15) is 10.4 Å². The molecule has 0 aliphatic carbocycles. The average molecular weight is 648 g/mol. The van der Waals surface area contributed by atoms with E-state index >= 15 is 4.39 Å². The van der Waals surface area contributed by atoms with Gasteiger partial charge in [0.25, 0.3) is 17.0 Å². The van der Waals surface area contributed by atoms with Crippen LogP contribution >= 0.6 is 0 Å². The van der Waals surface area contributed by atoms with E-state index in [1.165, 1.54) is 23.0 Å². The molecule has 0 unspecified atom stereocenters. The number of nitriles is 1. The summed E-state index contributed by atoms with van der Waals surface area (Å²) in [5.74, 6) is -0.649. The van der Waals surface area contributed by atoms with E-state index < -0.39 is 22.4 Å². The van der Waals surface area contributed by atoms with Gasteiger partial charge in [0.05, 0.1) is 47.0 Å². The summed E-state index contributed by atoms with van der Waals surface area (Å²) >= 11 is 0. The van der Waals surface area contributed by atoms with Gasteiger partial charge in [0, 0.05) is 42.2 Å². The van der Waals surface area contributed by atoms with Crippen LogP contribution < -0.4 is 16.4 Å². The number of aromatic nitrogens is 4. The topological polar surface area (TPSA) is 163 Å². The maximum Gasteiger partial charge on any atom is 0.288 e. The van der Waals surface area contributed by atoms with Gasteiger partial charge < -0.3 is 15.0 Å². The van der Waals surface area contributed by atoms with Crippen LogP contribution in [0.1, 0.15) is 45.7 Å². The summed E-state index contributed by atoms with van der Waals surface area (Å²) in [4.78, 5) is 58.0. The molecule has 1 amide bonds. The molecule has 12 nitrogen and oxygen atoms in total. The van der Waals surface area contributed by atoms with E-state index in [1.807, 2.05) is 0 Å². The van der Waals surface area contributed by atoms with Crippen LogP contribution in [0.4, 0.5) is 15.9 Å². The number of nitrogens with zero attached hydrogens (tertiary/aromatic N) is 5. The van der Waals surface area contributed by atoms with E-state index in [4.69, 9.17) is 4.74 Å². The van der Waals surface area contributed by atoms with E-state index in [2.05, 4.69) is 26.6 Å². The Labute approximate surface area is 273 Å². The van der Waals surface area contributed by atoms with Crippen LogP contribution in [0.15, 0.2) is 70.5 Å². The number of ether oxygens (including phenoxy) is 1. The van der Waals surface area contributed by atoms with Crippen LogP contribution in [0.3, 0.4) is 0 Å². The zero-order valence-electron chi connectivity index (χ0n) is 26.3. The molecule has 1 aliphatic heterocycles. The van der Waals surface area contributed by atoms with E-state index in [1.54, 1.807) is 68.1 Å². The first-order valence-electron chi connectivity index (χ1n) is 15.1. The second kappa shape index (κ2) is 12.7. The van der Waals surface area contributed by atoms with Crippen LogP contribution in [0.2, 0.25) is 0 Å². The van der Waals surface area contributed by atoms with Gasteiger partial charge in [-0.3, -0.25) is 23.7 Å². The number of nitrogens with one attached hydrogen (secondary N) is 2. The normalized spacial score (nSPS) is 13.3. The van der Waals surface area contributed by atoms with Gasteiger partial charge in [-0.05, 0) is 68.1 Å². The molecule has 0 spiro atoms. The molecule has 0 radical (unpaired) electrons. The number of rotatable bonds is 7. The van der Waals surface area contributed by atoms with Crippen molar-refractivity contribution in [3.8, 4) is 23.0 Å². The van der Waals surface area contributed by atoms with Crippen molar-refractivity contribution in [1.82, 2.24) is 24.6 Å². The lowest BCUT2D eigenvalue weighted by Gasteiger charge is -2.26. The van der Waals surface area contributed by atoms with Crippen molar-refractivity contribution < 1.29 is 18.7 Å². The van der Waals surface area contributed by atoms with Crippen LogP contribution in [0.5, 0.6) is 0 Å². The molecule has 0 saturated carbocycles. The van der Waals surface area contributed by atoms with E-state index in [9.17, 15) is 24.4 Å².